The molecule has 0 aliphatic heterocycles. The number of halogens is 2. The quantitative estimate of drug-likeness (QED) is 0.754. The van der Waals surface area contributed by atoms with Crippen molar-refractivity contribution in [1.29, 1.82) is 0 Å². The molecule has 0 N–H and O–H groups in total. The number of rotatable bonds is 3. The van der Waals surface area contributed by atoms with Crippen LogP contribution in [-0.2, 0) is 6.42 Å². The van der Waals surface area contributed by atoms with Crippen LogP contribution in [0.3, 0.4) is 0 Å². The summed E-state index contributed by atoms with van der Waals surface area (Å²) in [4.78, 5) is 10.6. The van der Waals surface area contributed by atoms with E-state index in [1.165, 1.54) is 6.07 Å². The molecule has 0 atom stereocenters. The molecule has 0 radical (unpaired) electrons. The summed E-state index contributed by atoms with van der Waals surface area (Å²) in [6.45, 7) is 0. The molecule has 0 bridgehead atoms. The molecule has 0 spiro atoms. The molecule has 0 aliphatic rings. The number of hydrogen-bond acceptors (Lipinski definition) is 1. The second-order valence-electron chi connectivity index (χ2n) is 3.75. The van der Waals surface area contributed by atoms with Gasteiger partial charge in [0.1, 0.15) is 5.82 Å². The van der Waals surface area contributed by atoms with E-state index < -0.39 is 5.82 Å². The second kappa shape index (κ2) is 5.11. The average molecular weight is 249 g/mol. The minimum Gasteiger partial charge on any atom is -0.298 e. The summed E-state index contributed by atoms with van der Waals surface area (Å²) in [7, 11) is 0. The van der Waals surface area contributed by atoms with E-state index in [-0.39, 0.29) is 10.6 Å². The number of benzene rings is 2. The monoisotopic (exact) mass is 248 g/mol. The molecular weight excluding hydrogens is 239 g/mol. The third-order valence-corrected chi connectivity index (χ3v) is 2.82. The van der Waals surface area contributed by atoms with Gasteiger partial charge in [-0.15, -0.1) is 0 Å². The first-order valence-electron chi connectivity index (χ1n) is 5.17. The Bertz CT molecular complexity index is 514. The molecule has 1 nitrogen and oxygen atoms in total. The smallest absolute Gasteiger partial charge is 0.154 e. The van der Waals surface area contributed by atoms with Crippen LogP contribution < -0.4 is 0 Å². The molecule has 3 heteroatoms. The Labute approximate surface area is 104 Å². The van der Waals surface area contributed by atoms with Crippen LogP contribution in [0, 0.1) is 5.82 Å². The van der Waals surface area contributed by atoms with Gasteiger partial charge in [-0.3, -0.25) is 4.79 Å². The molecule has 0 saturated carbocycles. The molecule has 0 heterocycles. The highest BCUT2D eigenvalue weighted by Gasteiger charge is 2.08. The van der Waals surface area contributed by atoms with Crippen molar-refractivity contribution in [1.82, 2.24) is 0 Å². The summed E-state index contributed by atoms with van der Waals surface area (Å²) in [5.74, 6) is -0.571. The van der Waals surface area contributed by atoms with Crippen LogP contribution in [0.25, 0.3) is 0 Å². The topological polar surface area (TPSA) is 17.1 Å². The summed E-state index contributed by atoms with van der Waals surface area (Å²) in [6, 6.07) is 12.7. The molecule has 0 unspecified atom stereocenters. The third kappa shape index (κ3) is 2.71. The lowest BCUT2D eigenvalue weighted by Gasteiger charge is -2.05. The van der Waals surface area contributed by atoms with Gasteiger partial charge in [0.2, 0.25) is 0 Å². The number of hydrogen-bond donors (Lipinski definition) is 0. The first-order chi connectivity index (χ1) is 8.20. The SMILES string of the molecule is O=Cc1c(F)cc(Cc2ccccc2)cc1Cl. The van der Waals surface area contributed by atoms with Gasteiger partial charge in [0, 0.05) is 0 Å². The highest BCUT2D eigenvalue weighted by atomic mass is 35.5. The Morgan fingerprint density at radius 3 is 2.41 bits per heavy atom. The van der Waals surface area contributed by atoms with Gasteiger partial charge in [-0.1, -0.05) is 41.9 Å². The van der Waals surface area contributed by atoms with Gasteiger partial charge in [0.15, 0.2) is 6.29 Å². The largest absolute Gasteiger partial charge is 0.298 e. The highest BCUT2D eigenvalue weighted by molar-refractivity contribution is 6.33. The zero-order valence-corrected chi connectivity index (χ0v) is 9.75. The van der Waals surface area contributed by atoms with E-state index in [2.05, 4.69) is 0 Å². The van der Waals surface area contributed by atoms with Gasteiger partial charge in [-0.25, -0.2) is 4.39 Å². The molecule has 2 rings (SSSR count). The third-order valence-electron chi connectivity index (χ3n) is 2.51. The Kier molecular flexibility index (Phi) is 3.55. The Morgan fingerprint density at radius 1 is 1.12 bits per heavy atom. The van der Waals surface area contributed by atoms with Crippen molar-refractivity contribution in [2.24, 2.45) is 0 Å². The van der Waals surface area contributed by atoms with E-state index in [4.69, 9.17) is 11.6 Å². The van der Waals surface area contributed by atoms with Crippen LogP contribution in [0.1, 0.15) is 21.5 Å². The van der Waals surface area contributed by atoms with Crippen molar-refractivity contribution in [3.8, 4) is 0 Å². The van der Waals surface area contributed by atoms with Crippen molar-refractivity contribution in [2.45, 2.75) is 6.42 Å². The van der Waals surface area contributed by atoms with E-state index >= 15 is 0 Å². The van der Waals surface area contributed by atoms with E-state index in [0.29, 0.717) is 12.7 Å². The van der Waals surface area contributed by atoms with E-state index in [0.717, 1.165) is 11.1 Å². The molecule has 0 aromatic heterocycles. The van der Waals surface area contributed by atoms with Gasteiger partial charge in [-0.2, -0.15) is 0 Å². The molecule has 0 saturated heterocycles. The summed E-state index contributed by atoms with van der Waals surface area (Å²) >= 11 is 5.83. The van der Waals surface area contributed by atoms with Crippen molar-refractivity contribution in [3.05, 3.63) is 70.0 Å². The maximum Gasteiger partial charge on any atom is 0.154 e. The van der Waals surface area contributed by atoms with Crippen molar-refractivity contribution in [2.75, 3.05) is 0 Å². The lowest BCUT2D eigenvalue weighted by molar-refractivity contribution is 0.112. The van der Waals surface area contributed by atoms with Gasteiger partial charge in [0.25, 0.3) is 0 Å². The minimum absolute atomic E-state index is 0.0801. The molecular formula is C14H10ClFO. The van der Waals surface area contributed by atoms with E-state index in [9.17, 15) is 9.18 Å². The predicted molar refractivity (Wildman–Crippen MR) is 66.0 cm³/mol. The van der Waals surface area contributed by atoms with Gasteiger partial charge < -0.3 is 0 Å². The first kappa shape index (κ1) is 11.8. The van der Waals surface area contributed by atoms with Crippen molar-refractivity contribution in [3.63, 3.8) is 0 Å². The molecule has 2 aromatic carbocycles. The zero-order valence-electron chi connectivity index (χ0n) is 8.99. The van der Waals surface area contributed by atoms with Crippen LogP contribution in [0.5, 0.6) is 0 Å². The number of aldehydes is 1. The van der Waals surface area contributed by atoms with Crippen molar-refractivity contribution < 1.29 is 9.18 Å². The Morgan fingerprint density at radius 2 is 1.82 bits per heavy atom. The van der Waals surface area contributed by atoms with Gasteiger partial charge >= 0.3 is 0 Å². The summed E-state index contributed by atoms with van der Waals surface area (Å²) in [5, 5.41) is 0.158. The van der Waals surface area contributed by atoms with E-state index in [1.54, 1.807) is 6.07 Å². The fraction of sp³-hybridized carbons (Fsp3) is 0.0714. The molecule has 0 amide bonds. The highest BCUT2D eigenvalue weighted by Crippen LogP contribution is 2.21. The first-order valence-corrected chi connectivity index (χ1v) is 5.55. The average Bonchev–Trinajstić information content (AvgIpc) is 2.30. The predicted octanol–water partition coefficient (Wildman–Crippen LogP) is 3.88. The molecule has 0 aliphatic carbocycles. The van der Waals surface area contributed by atoms with Crippen LogP contribution in [0.2, 0.25) is 5.02 Å². The van der Waals surface area contributed by atoms with Crippen molar-refractivity contribution >= 4 is 17.9 Å². The fourth-order valence-corrected chi connectivity index (χ4v) is 1.96. The van der Waals surface area contributed by atoms with Gasteiger partial charge in [-0.05, 0) is 29.7 Å². The summed E-state index contributed by atoms with van der Waals surface area (Å²) < 4.78 is 13.5. The summed E-state index contributed by atoms with van der Waals surface area (Å²) in [5.41, 5.74) is 1.74. The number of carbonyl (C=O) groups is 1. The van der Waals surface area contributed by atoms with Crippen LogP contribution in [0.4, 0.5) is 4.39 Å². The summed E-state index contributed by atoms with van der Waals surface area (Å²) in [6.07, 6.45) is 1.03. The standard InChI is InChI=1S/C14H10ClFO/c15-13-7-11(8-14(16)12(13)9-17)6-10-4-2-1-3-5-10/h1-5,7-9H,6H2. The molecule has 2 aromatic rings. The maximum atomic E-state index is 13.5. The normalized spacial score (nSPS) is 10.2. The van der Waals surface area contributed by atoms with E-state index in [1.807, 2.05) is 30.3 Å². The minimum atomic E-state index is -0.571. The second-order valence-corrected chi connectivity index (χ2v) is 4.16. The number of carbonyl (C=O) groups excluding carboxylic acids is 1. The fourth-order valence-electron chi connectivity index (χ4n) is 1.68. The Balaban J connectivity index is 2.32. The van der Waals surface area contributed by atoms with Crippen LogP contribution >= 0.6 is 11.6 Å². The molecule has 0 fully saturated rings. The lowest BCUT2D eigenvalue weighted by Crippen LogP contribution is -1.94. The van der Waals surface area contributed by atoms with Crippen LogP contribution in [0.15, 0.2) is 42.5 Å². The zero-order chi connectivity index (χ0) is 12.3. The maximum absolute atomic E-state index is 13.5. The van der Waals surface area contributed by atoms with Gasteiger partial charge in [0.05, 0.1) is 10.6 Å². The Hall–Kier alpha value is -1.67. The molecule has 17 heavy (non-hydrogen) atoms. The molecule has 86 valence electrons. The lowest BCUT2D eigenvalue weighted by atomic mass is 10.0. The van der Waals surface area contributed by atoms with Crippen LogP contribution in [-0.4, -0.2) is 6.29 Å².